The van der Waals surface area contributed by atoms with Crippen LogP contribution < -0.4 is 0 Å². The van der Waals surface area contributed by atoms with Crippen molar-refractivity contribution >= 4 is 0 Å². The maximum atomic E-state index is 8.84. The summed E-state index contributed by atoms with van der Waals surface area (Å²) in [6, 6.07) is 0. The van der Waals surface area contributed by atoms with Gasteiger partial charge >= 0.3 is 0 Å². The van der Waals surface area contributed by atoms with Crippen LogP contribution in [0.4, 0.5) is 0 Å². The van der Waals surface area contributed by atoms with E-state index in [9.17, 15) is 0 Å². The standard InChI is InChI=1S/C9H16N4O/c1-3-4-13(5-6-14)7-9-10-8-11-12(9)2/h3,8,14H,1,4-7H2,2H3. The van der Waals surface area contributed by atoms with Crippen molar-refractivity contribution in [3.05, 3.63) is 24.8 Å². The van der Waals surface area contributed by atoms with Gasteiger partial charge in [0.05, 0.1) is 13.2 Å². The molecular formula is C9H16N4O. The summed E-state index contributed by atoms with van der Waals surface area (Å²) in [5.74, 6) is 0.889. The number of hydrogen-bond donors (Lipinski definition) is 1. The first-order valence-electron chi connectivity index (χ1n) is 4.55. The third-order valence-corrected chi connectivity index (χ3v) is 1.97. The van der Waals surface area contributed by atoms with Gasteiger partial charge in [0.15, 0.2) is 0 Å². The summed E-state index contributed by atoms with van der Waals surface area (Å²) in [7, 11) is 1.85. The van der Waals surface area contributed by atoms with Gasteiger partial charge in [0, 0.05) is 20.1 Å². The molecule has 1 aromatic rings. The number of nitrogens with zero attached hydrogens (tertiary/aromatic N) is 4. The van der Waals surface area contributed by atoms with Gasteiger partial charge in [-0.1, -0.05) is 6.08 Å². The van der Waals surface area contributed by atoms with Crippen LogP contribution in [0.3, 0.4) is 0 Å². The zero-order valence-corrected chi connectivity index (χ0v) is 8.43. The SMILES string of the molecule is C=CCN(CCO)Cc1ncnn1C. The van der Waals surface area contributed by atoms with E-state index >= 15 is 0 Å². The summed E-state index contributed by atoms with van der Waals surface area (Å²) >= 11 is 0. The van der Waals surface area contributed by atoms with Gasteiger partial charge in [-0.3, -0.25) is 9.58 Å². The Morgan fingerprint density at radius 2 is 2.50 bits per heavy atom. The van der Waals surface area contributed by atoms with E-state index in [0.29, 0.717) is 13.1 Å². The van der Waals surface area contributed by atoms with Gasteiger partial charge in [-0.2, -0.15) is 5.10 Å². The summed E-state index contributed by atoms with van der Waals surface area (Å²) in [6.07, 6.45) is 3.34. The Kier molecular flexibility index (Phi) is 4.28. The molecule has 0 saturated heterocycles. The molecule has 5 heteroatoms. The highest BCUT2D eigenvalue weighted by atomic mass is 16.3. The molecule has 14 heavy (non-hydrogen) atoms. The van der Waals surface area contributed by atoms with Gasteiger partial charge in [-0.05, 0) is 0 Å². The largest absolute Gasteiger partial charge is 0.395 e. The first kappa shape index (κ1) is 10.9. The molecule has 0 aliphatic rings. The van der Waals surface area contributed by atoms with Crippen molar-refractivity contribution in [1.82, 2.24) is 19.7 Å². The van der Waals surface area contributed by atoms with Crippen molar-refractivity contribution in [2.75, 3.05) is 19.7 Å². The third kappa shape index (κ3) is 2.93. The third-order valence-electron chi connectivity index (χ3n) is 1.97. The molecule has 0 bridgehead atoms. The van der Waals surface area contributed by atoms with Gasteiger partial charge in [0.2, 0.25) is 0 Å². The van der Waals surface area contributed by atoms with Crippen LogP contribution in [0.2, 0.25) is 0 Å². The van der Waals surface area contributed by atoms with E-state index < -0.39 is 0 Å². The Hall–Kier alpha value is -1.20. The highest BCUT2D eigenvalue weighted by Gasteiger charge is 2.07. The normalized spacial score (nSPS) is 10.8. The molecule has 1 N–H and O–H groups in total. The Morgan fingerprint density at radius 1 is 1.71 bits per heavy atom. The average Bonchev–Trinajstić information content (AvgIpc) is 2.53. The van der Waals surface area contributed by atoms with Crippen molar-refractivity contribution < 1.29 is 5.11 Å². The maximum absolute atomic E-state index is 8.84. The predicted octanol–water partition coefficient (Wildman–Crippen LogP) is -0.205. The van der Waals surface area contributed by atoms with Gasteiger partial charge < -0.3 is 5.11 Å². The Bertz CT molecular complexity index is 284. The van der Waals surface area contributed by atoms with Crippen LogP contribution in [0.5, 0.6) is 0 Å². The molecule has 1 heterocycles. The minimum atomic E-state index is 0.145. The van der Waals surface area contributed by atoms with Crippen LogP contribution in [0.1, 0.15) is 5.82 Å². The fraction of sp³-hybridized carbons (Fsp3) is 0.556. The lowest BCUT2D eigenvalue weighted by Gasteiger charge is -2.18. The zero-order chi connectivity index (χ0) is 10.4. The number of hydrogen-bond acceptors (Lipinski definition) is 4. The molecule has 0 atom stereocenters. The molecule has 5 nitrogen and oxygen atoms in total. The average molecular weight is 196 g/mol. The van der Waals surface area contributed by atoms with E-state index in [1.54, 1.807) is 4.68 Å². The molecule has 0 spiro atoms. The summed E-state index contributed by atoms with van der Waals surface area (Å²) in [5, 5.41) is 12.8. The van der Waals surface area contributed by atoms with Crippen LogP contribution in [-0.2, 0) is 13.6 Å². The maximum Gasteiger partial charge on any atom is 0.140 e. The number of aromatic nitrogens is 3. The van der Waals surface area contributed by atoms with E-state index in [1.807, 2.05) is 13.1 Å². The van der Waals surface area contributed by atoms with Crippen LogP contribution in [-0.4, -0.2) is 44.5 Å². The molecule has 1 rings (SSSR count). The molecular weight excluding hydrogens is 180 g/mol. The molecule has 0 aromatic carbocycles. The number of aryl methyl sites for hydroxylation is 1. The fourth-order valence-corrected chi connectivity index (χ4v) is 1.22. The van der Waals surface area contributed by atoms with E-state index in [-0.39, 0.29) is 6.61 Å². The van der Waals surface area contributed by atoms with Crippen LogP contribution in [0.25, 0.3) is 0 Å². The van der Waals surface area contributed by atoms with Crippen molar-refractivity contribution in [3.63, 3.8) is 0 Å². The molecule has 1 aromatic heterocycles. The Morgan fingerprint density at radius 3 is 3.00 bits per heavy atom. The second-order valence-corrected chi connectivity index (χ2v) is 3.05. The summed E-state index contributed by atoms with van der Waals surface area (Å²) in [4.78, 5) is 6.17. The van der Waals surface area contributed by atoms with E-state index in [1.165, 1.54) is 6.33 Å². The molecule has 0 amide bonds. The van der Waals surface area contributed by atoms with Crippen molar-refractivity contribution in [3.8, 4) is 0 Å². The van der Waals surface area contributed by atoms with Gasteiger partial charge in [0.1, 0.15) is 12.2 Å². The molecule has 0 fully saturated rings. The molecule has 0 aliphatic heterocycles. The molecule has 0 unspecified atom stereocenters. The molecule has 0 radical (unpaired) electrons. The lowest BCUT2D eigenvalue weighted by Crippen LogP contribution is -2.28. The number of rotatable bonds is 6. The summed E-state index contributed by atoms with van der Waals surface area (Å²) in [5.41, 5.74) is 0. The van der Waals surface area contributed by atoms with Gasteiger partial charge in [-0.25, -0.2) is 4.98 Å². The van der Waals surface area contributed by atoms with E-state index in [2.05, 4.69) is 21.6 Å². The van der Waals surface area contributed by atoms with Gasteiger partial charge in [0.25, 0.3) is 0 Å². The molecule has 0 saturated carbocycles. The topological polar surface area (TPSA) is 54.2 Å². The summed E-state index contributed by atoms with van der Waals surface area (Å²) in [6.45, 7) is 5.86. The minimum Gasteiger partial charge on any atom is -0.395 e. The van der Waals surface area contributed by atoms with Crippen LogP contribution >= 0.6 is 0 Å². The lowest BCUT2D eigenvalue weighted by atomic mass is 10.4. The summed E-state index contributed by atoms with van der Waals surface area (Å²) < 4.78 is 1.73. The minimum absolute atomic E-state index is 0.145. The molecule has 78 valence electrons. The monoisotopic (exact) mass is 196 g/mol. The Labute approximate surface area is 83.7 Å². The zero-order valence-electron chi connectivity index (χ0n) is 8.43. The van der Waals surface area contributed by atoms with Crippen molar-refractivity contribution in [2.45, 2.75) is 6.54 Å². The lowest BCUT2D eigenvalue weighted by molar-refractivity contribution is 0.199. The van der Waals surface area contributed by atoms with E-state index in [0.717, 1.165) is 12.4 Å². The highest BCUT2D eigenvalue weighted by Crippen LogP contribution is 1.98. The predicted molar refractivity (Wildman–Crippen MR) is 53.6 cm³/mol. The van der Waals surface area contributed by atoms with Crippen LogP contribution in [0, 0.1) is 0 Å². The number of aliphatic hydroxyl groups excluding tert-OH is 1. The first-order chi connectivity index (χ1) is 6.77. The quantitative estimate of drug-likeness (QED) is 0.640. The van der Waals surface area contributed by atoms with E-state index in [4.69, 9.17) is 5.11 Å². The van der Waals surface area contributed by atoms with Crippen molar-refractivity contribution in [1.29, 1.82) is 0 Å². The molecule has 0 aliphatic carbocycles. The second kappa shape index (κ2) is 5.51. The highest BCUT2D eigenvalue weighted by molar-refractivity contribution is 4.85. The number of aliphatic hydroxyl groups is 1. The fourth-order valence-electron chi connectivity index (χ4n) is 1.22. The Balaban J connectivity index is 2.54. The van der Waals surface area contributed by atoms with Crippen molar-refractivity contribution in [2.24, 2.45) is 7.05 Å². The van der Waals surface area contributed by atoms with Crippen LogP contribution in [0.15, 0.2) is 19.0 Å². The second-order valence-electron chi connectivity index (χ2n) is 3.05. The van der Waals surface area contributed by atoms with Gasteiger partial charge in [-0.15, -0.1) is 6.58 Å². The smallest absolute Gasteiger partial charge is 0.140 e. The first-order valence-corrected chi connectivity index (χ1v) is 4.55.